The van der Waals surface area contributed by atoms with Crippen LogP contribution in [0.2, 0.25) is 0 Å². The number of hydrogen-bond donors (Lipinski definition) is 4. The molecule has 4 N–H and O–H groups in total. The molecule has 10 nitrogen and oxygen atoms in total. The highest BCUT2D eigenvalue weighted by atomic mass is 16.7. The van der Waals surface area contributed by atoms with Crippen molar-refractivity contribution in [3.63, 3.8) is 0 Å². The highest BCUT2D eigenvalue weighted by molar-refractivity contribution is 5.86. The van der Waals surface area contributed by atoms with Gasteiger partial charge in [0, 0.05) is 23.7 Å². The molecule has 10 heteroatoms. The maximum Gasteiger partial charge on any atom is 0.412 e. The van der Waals surface area contributed by atoms with Gasteiger partial charge in [0.25, 0.3) is 5.91 Å². The summed E-state index contributed by atoms with van der Waals surface area (Å²) in [6.07, 6.45) is 0.950. The Morgan fingerprint density at radius 2 is 1.94 bits per heavy atom. The average Bonchev–Trinajstić information content (AvgIpc) is 3.23. The van der Waals surface area contributed by atoms with Crippen molar-refractivity contribution in [3.05, 3.63) is 54.1 Å². The van der Waals surface area contributed by atoms with E-state index in [0.717, 1.165) is 6.08 Å². The minimum absolute atomic E-state index is 0.109. The summed E-state index contributed by atoms with van der Waals surface area (Å²) in [6, 6.07) is 9.48. The van der Waals surface area contributed by atoms with Gasteiger partial charge in [-0.15, -0.1) is 0 Å². The van der Waals surface area contributed by atoms with Gasteiger partial charge in [-0.25, -0.2) is 10.3 Å². The standard InChI is InChI=1S/C21H22N2O8/c1-12(3-8-19(25)23-27)20(13-4-6-16(28-2)15(24)9-13)31-21(26)22-14-5-7-17-18(10-14)30-11-29-17/h3-10,12,20,24,27H,11H2,1-2H3,(H,22,26)(H,23,25)/b8-3+/t12-,20-/m1/s1. The van der Waals surface area contributed by atoms with Crippen molar-refractivity contribution in [1.82, 2.24) is 5.48 Å². The number of fused-ring (bicyclic) bond motifs is 1. The summed E-state index contributed by atoms with van der Waals surface area (Å²) in [5, 5.41) is 21.4. The molecule has 0 unspecified atom stereocenters. The molecular weight excluding hydrogens is 408 g/mol. The molecule has 0 spiro atoms. The van der Waals surface area contributed by atoms with Crippen LogP contribution in [-0.4, -0.2) is 36.2 Å². The number of phenols is 1. The predicted octanol–water partition coefficient (Wildman–Crippen LogP) is 3.12. The maximum absolute atomic E-state index is 12.6. The van der Waals surface area contributed by atoms with Crippen molar-refractivity contribution < 1.29 is 38.9 Å². The minimum atomic E-state index is -0.867. The highest BCUT2D eigenvalue weighted by Crippen LogP contribution is 2.36. The molecule has 0 saturated carbocycles. The Kier molecular flexibility index (Phi) is 6.83. The number of phenolic OH excluding ortho intramolecular Hbond substituents is 1. The monoisotopic (exact) mass is 430 g/mol. The fraction of sp³-hybridized carbons (Fsp3) is 0.238. The van der Waals surface area contributed by atoms with E-state index in [1.807, 2.05) is 0 Å². The lowest BCUT2D eigenvalue weighted by molar-refractivity contribution is -0.124. The highest BCUT2D eigenvalue weighted by Gasteiger charge is 2.24. The second kappa shape index (κ2) is 9.72. The van der Waals surface area contributed by atoms with Crippen molar-refractivity contribution >= 4 is 17.7 Å². The third-order valence-electron chi connectivity index (χ3n) is 4.52. The largest absolute Gasteiger partial charge is 0.504 e. The van der Waals surface area contributed by atoms with Crippen LogP contribution < -0.4 is 25.0 Å². The lowest BCUT2D eigenvalue weighted by Crippen LogP contribution is -2.22. The number of anilines is 1. The van der Waals surface area contributed by atoms with Crippen LogP contribution in [0.3, 0.4) is 0 Å². The number of nitrogens with one attached hydrogen (secondary N) is 2. The second-order valence-corrected chi connectivity index (χ2v) is 6.64. The first-order chi connectivity index (χ1) is 14.9. The summed E-state index contributed by atoms with van der Waals surface area (Å²) in [4.78, 5) is 23.9. The van der Waals surface area contributed by atoms with Gasteiger partial charge in [0.05, 0.1) is 7.11 Å². The van der Waals surface area contributed by atoms with Gasteiger partial charge in [-0.2, -0.15) is 0 Å². The zero-order valence-electron chi connectivity index (χ0n) is 16.8. The van der Waals surface area contributed by atoms with Crippen LogP contribution in [0.25, 0.3) is 0 Å². The van der Waals surface area contributed by atoms with Gasteiger partial charge >= 0.3 is 6.09 Å². The average molecular weight is 430 g/mol. The van der Waals surface area contributed by atoms with Crippen LogP contribution in [0.4, 0.5) is 10.5 Å². The summed E-state index contributed by atoms with van der Waals surface area (Å²) in [5.41, 5.74) is 2.40. The van der Waals surface area contributed by atoms with Crippen LogP contribution in [0.1, 0.15) is 18.6 Å². The van der Waals surface area contributed by atoms with Gasteiger partial charge in [0.15, 0.2) is 23.0 Å². The smallest absolute Gasteiger partial charge is 0.412 e. The molecule has 1 aliphatic rings. The van der Waals surface area contributed by atoms with Crippen molar-refractivity contribution in [3.8, 4) is 23.0 Å². The van der Waals surface area contributed by atoms with E-state index in [4.69, 9.17) is 24.2 Å². The quantitative estimate of drug-likeness (QED) is 0.299. The number of amides is 2. The van der Waals surface area contributed by atoms with E-state index in [1.54, 1.807) is 31.2 Å². The van der Waals surface area contributed by atoms with Crippen molar-refractivity contribution in [2.24, 2.45) is 5.92 Å². The van der Waals surface area contributed by atoms with Gasteiger partial charge in [-0.3, -0.25) is 15.3 Å². The molecule has 2 amide bonds. The Balaban J connectivity index is 1.79. The molecule has 0 radical (unpaired) electrons. The number of hydroxylamine groups is 1. The number of carbonyl (C=O) groups is 2. The number of benzene rings is 2. The van der Waals surface area contributed by atoms with Crippen molar-refractivity contribution in [1.29, 1.82) is 0 Å². The van der Waals surface area contributed by atoms with Crippen LogP contribution in [-0.2, 0) is 9.53 Å². The van der Waals surface area contributed by atoms with Gasteiger partial charge in [-0.1, -0.05) is 19.1 Å². The molecule has 0 saturated heterocycles. The van der Waals surface area contributed by atoms with E-state index in [1.165, 1.54) is 30.8 Å². The SMILES string of the molecule is COc1ccc([C@H](OC(=O)Nc2ccc3c(c2)OCO3)[C@H](C)/C=C/C(=O)NO)cc1O. The minimum Gasteiger partial charge on any atom is -0.504 e. The van der Waals surface area contributed by atoms with E-state index in [9.17, 15) is 14.7 Å². The molecule has 3 rings (SSSR count). The third-order valence-corrected chi connectivity index (χ3v) is 4.52. The normalized spacial score (nSPS) is 14.0. The number of ether oxygens (including phenoxy) is 4. The summed E-state index contributed by atoms with van der Waals surface area (Å²) < 4.78 is 21.2. The van der Waals surface area contributed by atoms with E-state index >= 15 is 0 Å². The first-order valence-corrected chi connectivity index (χ1v) is 9.27. The van der Waals surface area contributed by atoms with Crippen LogP contribution in [0, 0.1) is 5.92 Å². The summed E-state index contributed by atoms with van der Waals surface area (Å²) in [5.74, 6) is -0.0167. The van der Waals surface area contributed by atoms with Crippen LogP contribution in [0.15, 0.2) is 48.6 Å². The van der Waals surface area contributed by atoms with Crippen molar-refractivity contribution in [2.75, 3.05) is 19.2 Å². The zero-order chi connectivity index (χ0) is 22.4. The number of hydrogen-bond acceptors (Lipinski definition) is 8. The van der Waals surface area contributed by atoms with Crippen LogP contribution in [0.5, 0.6) is 23.0 Å². The van der Waals surface area contributed by atoms with Crippen LogP contribution >= 0.6 is 0 Å². The molecule has 2 aromatic carbocycles. The summed E-state index contributed by atoms with van der Waals surface area (Å²) in [6.45, 7) is 1.82. The molecule has 1 heterocycles. The Morgan fingerprint density at radius 1 is 1.16 bits per heavy atom. The van der Waals surface area contributed by atoms with Gasteiger partial charge in [-0.05, 0) is 29.8 Å². The van der Waals surface area contributed by atoms with E-state index in [0.29, 0.717) is 22.7 Å². The predicted molar refractivity (Wildman–Crippen MR) is 108 cm³/mol. The fourth-order valence-corrected chi connectivity index (χ4v) is 2.98. The maximum atomic E-state index is 12.6. The van der Waals surface area contributed by atoms with Gasteiger partial charge in [0.2, 0.25) is 6.79 Å². The Hall–Kier alpha value is -3.92. The van der Waals surface area contributed by atoms with Gasteiger partial charge < -0.3 is 24.1 Å². The van der Waals surface area contributed by atoms with E-state index in [2.05, 4.69) is 5.32 Å². The first-order valence-electron chi connectivity index (χ1n) is 9.27. The summed E-state index contributed by atoms with van der Waals surface area (Å²) in [7, 11) is 1.42. The molecule has 31 heavy (non-hydrogen) atoms. The zero-order valence-corrected chi connectivity index (χ0v) is 16.8. The Labute approximate surface area is 177 Å². The lowest BCUT2D eigenvalue weighted by atomic mass is 9.96. The fourth-order valence-electron chi connectivity index (χ4n) is 2.98. The molecule has 0 bridgehead atoms. The third kappa shape index (κ3) is 5.37. The molecule has 1 aliphatic heterocycles. The van der Waals surface area contributed by atoms with E-state index in [-0.39, 0.29) is 18.3 Å². The molecule has 2 atom stereocenters. The molecule has 0 aliphatic carbocycles. The lowest BCUT2D eigenvalue weighted by Gasteiger charge is -2.23. The van der Waals surface area contributed by atoms with Crippen molar-refractivity contribution in [2.45, 2.75) is 13.0 Å². The molecule has 0 fully saturated rings. The number of rotatable bonds is 7. The molecule has 164 valence electrons. The topological polar surface area (TPSA) is 136 Å². The molecule has 0 aromatic heterocycles. The number of methoxy groups -OCH3 is 1. The second-order valence-electron chi connectivity index (χ2n) is 6.64. The number of aromatic hydroxyl groups is 1. The summed E-state index contributed by atoms with van der Waals surface area (Å²) >= 11 is 0. The number of carbonyl (C=O) groups excluding carboxylic acids is 2. The Morgan fingerprint density at radius 3 is 2.65 bits per heavy atom. The Bertz CT molecular complexity index is 991. The molecular formula is C21H22N2O8. The van der Waals surface area contributed by atoms with E-state index < -0.39 is 24.0 Å². The first kappa shape index (κ1) is 21.8. The van der Waals surface area contributed by atoms with Gasteiger partial charge in [0.1, 0.15) is 6.10 Å². The molecule has 2 aromatic rings.